The first-order chi connectivity index (χ1) is 9.58. The minimum absolute atomic E-state index is 0.295. The average molecular weight is 299 g/mol. The lowest BCUT2D eigenvalue weighted by atomic mass is 10.1. The van der Waals surface area contributed by atoms with E-state index in [1.165, 1.54) is 6.92 Å². The van der Waals surface area contributed by atoms with Crippen molar-refractivity contribution in [2.75, 3.05) is 5.32 Å². The van der Waals surface area contributed by atoms with Crippen LogP contribution in [0.2, 0.25) is 0 Å². The summed E-state index contributed by atoms with van der Waals surface area (Å²) in [5.41, 5.74) is -0.728. The zero-order valence-electron chi connectivity index (χ0n) is 12.4. The van der Waals surface area contributed by atoms with Gasteiger partial charge in [0.2, 0.25) is 5.91 Å². The van der Waals surface area contributed by atoms with Crippen molar-refractivity contribution in [2.45, 2.75) is 39.3 Å². The molecule has 0 heterocycles. The number of nitrogens with one attached hydrogen (secondary N) is 3. The monoisotopic (exact) mass is 299 g/mol. The van der Waals surface area contributed by atoms with E-state index >= 15 is 0 Å². The summed E-state index contributed by atoms with van der Waals surface area (Å²) in [6, 6.07) is 1.09. The molecule has 1 aromatic rings. The van der Waals surface area contributed by atoms with Gasteiger partial charge < -0.3 is 16.0 Å². The summed E-state index contributed by atoms with van der Waals surface area (Å²) in [4.78, 5) is 23.4. The number of anilines is 1. The molecular weight excluding hydrogens is 280 g/mol. The Balaban J connectivity index is 2.61. The van der Waals surface area contributed by atoms with E-state index in [-0.39, 0.29) is 11.6 Å². The molecule has 7 heteroatoms. The molecule has 1 atom stereocenters. The third kappa shape index (κ3) is 5.76. The van der Waals surface area contributed by atoms with Crippen molar-refractivity contribution in [1.29, 1.82) is 0 Å². The summed E-state index contributed by atoms with van der Waals surface area (Å²) in [7, 11) is 0. The number of carbonyl (C=O) groups is 2. The zero-order valence-corrected chi connectivity index (χ0v) is 12.4. The summed E-state index contributed by atoms with van der Waals surface area (Å²) in [6.45, 7) is 6.90. The van der Waals surface area contributed by atoms with Crippen LogP contribution in [-0.4, -0.2) is 23.5 Å². The van der Waals surface area contributed by atoms with Gasteiger partial charge in [-0.15, -0.1) is 0 Å². The number of rotatable bonds is 3. The van der Waals surface area contributed by atoms with Gasteiger partial charge in [-0.25, -0.2) is 13.6 Å². The third-order valence-electron chi connectivity index (χ3n) is 2.42. The first kappa shape index (κ1) is 16.9. The number of urea groups is 1. The van der Waals surface area contributed by atoms with E-state index in [2.05, 4.69) is 16.0 Å². The minimum Gasteiger partial charge on any atom is -0.350 e. The molecule has 0 aliphatic rings. The van der Waals surface area contributed by atoms with Crippen molar-refractivity contribution in [3.05, 3.63) is 29.8 Å². The summed E-state index contributed by atoms with van der Waals surface area (Å²) >= 11 is 0. The predicted molar refractivity (Wildman–Crippen MR) is 75.9 cm³/mol. The standard InChI is InChI=1S/C14H19F2N3O2/c1-8(12(20)19-14(2,3)4)17-13(21)18-11-7-9(15)5-6-10(11)16/h5-8H,1-4H3,(H,19,20)(H2,17,18,21)/t8-/m1/s1. The van der Waals surface area contributed by atoms with Crippen LogP contribution in [-0.2, 0) is 4.79 Å². The molecule has 3 amide bonds. The van der Waals surface area contributed by atoms with Crippen molar-refractivity contribution in [3.63, 3.8) is 0 Å². The average Bonchev–Trinajstić information content (AvgIpc) is 2.31. The van der Waals surface area contributed by atoms with E-state index in [0.717, 1.165) is 18.2 Å². The third-order valence-corrected chi connectivity index (χ3v) is 2.42. The molecule has 0 fully saturated rings. The maximum atomic E-state index is 13.4. The van der Waals surface area contributed by atoms with E-state index in [1.807, 2.05) is 0 Å². The number of halogens is 2. The SMILES string of the molecule is C[C@@H](NC(=O)Nc1cc(F)ccc1F)C(=O)NC(C)(C)C. The van der Waals surface area contributed by atoms with Crippen LogP contribution >= 0.6 is 0 Å². The van der Waals surface area contributed by atoms with Gasteiger partial charge in [0.15, 0.2) is 0 Å². The lowest BCUT2D eigenvalue weighted by Gasteiger charge is -2.23. The smallest absolute Gasteiger partial charge is 0.319 e. The molecule has 0 bridgehead atoms. The lowest BCUT2D eigenvalue weighted by Crippen LogP contribution is -2.51. The highest BCUT2D eigenvalue weighted by molar-refractivity contribution is 5.93. The molecule has 0 aliphatic carbocycles. The summed E-state index contributed by atoms with van der Waals surface area (Å²) in [5, 5.41) is 7.19. The first-order valence-electron chi connectivity index (χ1n) is 6.43. The van der Waals surface area contributed by atoms with Gasteiger partial charge in [-0.3, -0.25) is 4.79 Å². The van der Waals surface area contributed by atoms with E-state index in [0.29, 0.717) is 0 Å². The van der Waals surface area contributed by atoms with E-state index in [4.69, 9.17) is 0 Å². The largest absolute Gasteiger partial charge is 0.350 e. The van der Waals surface area contributed by atoms with E-state index in [9.17, 15) is 18.4 Å². The zero-order chi connectivity index (χ0) is 16.2. The molecule has 0 aliphatic heterocycles. The second-order valence-corrected chi connectivity index (χ2v) is 5.68. The van der Waals surface area contributed by atoms with Crippen LogP contribution in [0.1, 0.15) is 27.7 Å². The van der Waals surface area contributed by atoms with Crippen LogP contribution < -0.4 is 16.0 Å². The summed E-state index contributed by atoms with van der Waals surface area (Å²) < 4.78 is 26.3. The Morgan fingerprint density at radius 2 is 1.81 bits per heavy atom. The van der Waals surface area contributed by atoms with E-state index < -0.39 is 29.2 Å². The van der Waals surface area contributed by atoms with Crippen LogP contribution in [0.4, 0.5) is 19.3 Å². The highest BCUT2D eigenvalue weighted by Crippen LogP contribution is 2.14. The van der Waals surface area contributed by atoms with E-state index in [1.54, 1.807) is 20.8 Å². The molecule has 0 aromatic heterocycles. The molecule has 116 valence electrons. The van der Waals surface area contributed by atoms with Crippen molar-refractivity contribution >= 4 is 17.6 Å². The topological polar surface area (TPSA) is 70.2 Å². The second-order valence-electron chi connectivity index (χ2n) is 5.68. The van der Waals surface area contributed by atoms with Crippen LogP contribution in [0, 0.1) is 11.6 Å². The summed E-state index contributed by atoms with van der Waals surface area (Å²) in [6.07, 6.45) is 0. The first-order valence-corrected chi connectivity index (χ1v) is 6.43. The van der Waals surface area contributed by atoms with Crippen LogP contribution in [0.5, 0.6) is 0 Å². The minimum atomic E-state index is -0.819. The second kappa shape index (κ2) is 6.51. The molecule has 3 N–H and O–H groups in total. The quantitative estimate of drug-likeness (QED) is 0.802. The Hall–Kier alpha value is -2.18. The van der Waals surface area contributed by atoms with Gasteiger partial charge in [-0.2, -0.15) is 0 Å². The Morgan fingerprint density at radius 1 is 1.19 bits per heavy atom. The summed E-state index contributed by atoms with van der Waals surface area (Å²) in [5.74, 6) is -1.82. The number of hydrogen-bond donors (Lipinski definition) is 3. The molecule has 5 nitrogen and oxygen atoms in total. The molecule has 21 heavy (non-hydrogen) atoms. The molecule has 0 radical (unpaired) electrons. The van der Waals surface area contributed by atoms with Gasteiger partial charge in [-0.05, 0) is 39.8 Å². The highest BCUT2D eigenvalue weighted by atomic mass is 19.1. The van der Waals surface area contributed by atoms with Crippen LogP contribution in [0.25, 0.3) is 0 Å². The van der Waals surface area contributed by atoms with Crippen molar-refractivity contribution in [1.82, 2.24) is 10.6 Å². The fourth-order valence-electron chi connectivity index (χ4n) is 1.49. The Kier molecular flexibility index (Phi) is 5.23. The maximum absolute atomic E-state index is 13.4. The Morgan fingerprint density at radius 3 is 2.38 bits per heavy atom. The van der Waals surface area contributed by atoms with Crippen molar-refractivity contribution < 1.29 is 18.4 Å². The van der Waals surface area contributed by atoms with Crippen LogP contribution in [0.3, 0.4) is 0 Å². The van der Waals surface area contributed by atoms with Crippen LogP contribution in [0.15, 0.2) is 18.2 Å². The van der Waals surface area contributed by atoms with Crippen molar-refractivity contribution in [2.24, 2.45) is 0 Å². The number of benzene rings is 1. The number of carbonyl (C=O) groups excluding carboxylic acids is 2. The fourth-order valence-corrected chi connectivity index (χ4v) is 1.49. The van der Waals surface area contributed by atoms with Crippen molar-refractivity contribution in [3.8, 4) is 0 Å². The van der Waals surface area contributed by atoms with Gasteiger partial charge >= 0.3 is 6.03 Å². The molecule has 0 saturated carbocycles. The molecule has 1 aromatic carbocycles. The molecular formula is C14H19F2N3O2. The Bertz CT molecular complexity index is 542. The van der Waals surface area contributed by atoms with Gasteiger partial charge in [0.1, 0.15) is 17.7 Å². The maximum Gasteiger partial charge on any atom is 0.319 e. The molecule has 0 spiro atoms. The Labute approximate surface area is 122 Å². The molecule has 1 rings (SSSR count). The van der Waals surface area contributed by atoms with Gasteiger partial charge in [0.05, 0.1) is 5.69 Å². The lowest BCUT2D eigenvalue weighted by molar-refractivity contribution is -0.123. The van der Waals surface area contributed by atoms with Gasteiger partial charge in [0.25, 0.3) is 0 Å². The van der Waals surface area contributed by atoms with Gasteiger partial charge in [-0.1, -0.05) is 0 Å². The number of amides is 3. The predicted octanol–water partition coefficient (Wildman–Crippen LogP) is 2.39. The normalized spacial score (nSPS) is 12.5. The molecule has 0 saturated heterocycles. The molecule has 0 unspecified atom stereocenters. The van der Waals surface area contributed by atoms with Gasteiger partial charge in [0, 0.05) is 11.6 Å². The highest BCUT2D eigenvalue weighted by Gasteiger charge is 2.21. The fraction of sp³-hybridized carbons (Fsp3) is 0.429. The number of hydrogen-bond acceptors (Lipinski definition) is 2.